The molecule has 0 aliphatic rings. The van der Waals surface area contributed by atoms with Crippen LogP contribution in [0.4, 0.5) is 14.2 Å². The maximum atomic E-state index is 14.5. The first-order chi connectivity index (χ1) is 15.5. The second-order valence-corrected chi connectivity index (χ2v) is 10.4. The number of ether oxygens (including phenoxy) is 3. The Morgan fingerprint density at radius 2 is 1.59 bits per heavy atom. The number of halogens is 1. The molecule has 34 heavy (non-hydrogen) atoms. The van der Waals surface area contributed by atoms with E-state index < -0.39 is 60.4 Å². The number of aryl methyl sites for hydroxylation is 1. The number of thiophene rings is 1. The largest absolute Gasteiger partial charge is 0.461 e. The lowest BCUT2D eigenvalue weighted by molar-refractivity contribution is -0.155. The number of amides is 2. The molecule has 2 amide bonds. The van der Waals surface area contributed by atoms with E-state index in [1.165, 1.54) is 11.9 Å². The Bertz CT molecular complexity index is 892. The van der Waals surface area contributed by atoms with E-state index in [9.17, 15) is 23.6 Å². The SMILES string of the molecule is Cc1cc(C(=O)N[C@@H](C[C@@H](F)C(=O)OC(C)C)C(=O)OC(C)C)sc1N(C)C(=O)OC(C)(C)C. The summed E-state index contributed by atoms with van der Waals surface area (Å²) in [5, 5.41) is 2.92. The standard InChI is InChI=1S/C23H35FN2O7S/c1-12(2)31-20(28)15(24)11-16(21(29)32-13(3)4)25-18(27)17-10-14(5)19(34-17)26(9)22(30)33-23(6,7)8/h10,12-13,15-16H,11H2,1-9H3,(H,25,27)/t15-,16+/m1/s1. The van der Waals surface area contributed by atoms with Crippen molar-refractivity contribution >= 4 is 40.3 Å². The van der Waals surface area contributed by atoms with E-state index in [1.54, 1.807) is 61.5 Å². The molecule has 0 aliphatic heterocycles. The normalized spacial score (nSPS) is 13.3. The number of esters is 2. The van der Waals surface area contributed by atoms with Crippen LogP contribution in [0.3, 0.4) is 0 Å². The van der Waals surface area contributed by atoms with Gasteiger partial charge in [-0.1, -0.05) is 0 Å². The quantitative estimate of drug-likeness (QED) is 0.399. The molecule has 0 radical (unpaired) electrons. The van der Waals surface area contributed by atoms with Gasteiger partial charge in [0.05, 0.1) is 17.1 Å². The predicted molar refractivity (Wildman–Crippen MR) is 127 cm³/mol. The van der Waals surface area contributed by atoms with Crippen LogP contribution in [0.2, 0.25) is 0 Å². The average Bonchev–Trinajstić information content (AvgIpc) is 3.05. The van der Waals surface area contributed by atoms with Gasteiger partial charge in [-0.3, -0.25) is 9.69 Å². The lowest BCUT2D eigenvalue weighted by atomic mass is 10.1. The molecule has 192 valence electrons. The molecule has 0 aromatic carbocycles. The van der Waals surface area contributed by atoms with Crippen molar-refractivity contribution in [3.8, 4) is 0 Å². The molecule has 11 heteroatoms. The molecule has 1 aromatic heterocycles. The second kappa shape index (κ2) is 12.1. The molecule has 0 spiro atoms. The Hall–Kier alpha value is -2.69. The number of carbonyl (C=O) groups excluding carboxylic acids is 4. The lowest BCUT2D eigenvalue weighted by Crippen LogP contribution is -2.45. The summed E-state index contributed by atoms with van der Waals surface area (Å²) in [5.41, 5.74) is -0.0611. The topological polar surface area (TPSA) is 111 Å². The van der Waals surface area contributed by atoms with Gasteiger partial charge in [0.1, 0.15) is 16.6 Å². The monoisotopic (exact) mass is 502 g/mol. The van der Waals surface area contributed by atoms with Crippen molar-refractivity contribution in [2.45, 2.75) is 91.8 Å². The van der Waals surface area contributed by atoms with Crippen LogP contribution < -0.4 is 10.2 Å². The van der Waals surface area contributed by atoms with E-state index >= 15 is 0 Å². The van der Waals surface area contributed by atoms with Crippen LogP contribution in [0, 0.1) is 6.92 Å². The third-order valence-corrected chi connectivity index (χ3v) is 5.39. The molecule has 0 fully saturated rings. The first-order valence-electron chi connectivity index (χ1n) is 10.9. The zero-order valence-corrected chi connectivity index (χ0v) is 22.0. The van der Waals surface area contributed by atoms with Gasteiger partial charge in [-0.05, 0) is 67.0 Å². The van der Waals surface area contributed by atoms with E-state index in [-0.39, 0.29) is 4.88 Å². The average molecular weight is 503 g/mol. The van der Waals surface area contributed by atoms with Gasteiger partial charge in [-0.15, -0.1) is 11.3 Å². The van der Waals surface area contributed by atoms with E-state index in [1.807, 2.05) is 0 Å². The van der Waals surface area contributed by atoms with Crippen molar-refractivity contribution in [3.05, 3.63) is 16.5 Å². The van der Waals surface area contributed by atoms with E-state index in [2.05, 4.69) is 5.32 Å². The van der Waals surface area contributed by atoms with Gasteiger partial charge in [0.15, 0.2) is 6.17 Å². The highest BCUT2D eigenvalue weighted by Crippen LogP contribution is 2.31. The van der Waals surface area contributed by atoms with Crippen molar-refractivity contribution in [1.82, 2.24) is 5.32 Å². The van der Waals surface area contributed by atoms with Crippen molar-refractivity contribution in [2.24, 2.45) is 0 Å². The number of anilines is 1. The zero-order chi connectivity index (χ0) is 26.4. The number of alkyl halides is 1. The fraction of sp³-hybridized carbons (Fsp3) is 0.652. The molecule has 0 saturated heterocycles. The van der Waals surface area contributed by atoms with E-state index in [0.29, 0.717) is 10.6 Å². The van der Waals surface area contributed by atoms with Gasteiger partial charge in [0.2, 0.25) is 0 Å². The van der Waals surface area contributed by atoms with Crippen LogP contribution >= 0.6 is 11.3 Å². The molecule has 0 unspecified atom stereocenters. The Morgan fingerprint density at radius 3 is 2.09 bits per heavy atom. The van der Waals surface area contributed by atoms with Gasteiger partial charge in [-0.25, -0.2) is 18.8 Å². The summed E-state index contributed by atoms with van der Waals surface area (Å²) >= 11 is 1.01. The lowest BCUT2D eigenvalue weighted by Gasteiger charge is -2.24. The summed E-state index contributed by atoms with van der Waals surface area (Å²) in [4.78, 5) is 51.1. The maximum absolute atomic E-state index is 14.5. The Balaban J connectivity index is 3.05. The third-order valence-electron chi connectivity index (χ3n) is 4.08. The molecule has 1 heterocycles. The Labute approximate surface area is 203 Å². The first-order valence-corrected chi connectivity index (χ1v) is 11.8. The Kier molecular flexibility index (Phi) is 10.5. The minimum Gasteiger partial charge on any atom is -0.461 e. The van der Waals surface area contributed by atoms with Gasteiger partial charge in [0.25, 0.3) is 5.91 Å². The fourth-order valence-electron chi connectivity index (χ4n) is 2.70. The van der Waals surface area contributed by atoms with Gasteiger partial charge in [0, 0.05) is 13.5 Å². The van der Waals surface area contributed by atoms with Crippen LogP contribution in [-0.2, 0) is 23.8 Å². The third kappa shape index (κ3) is 9.28. The fourth-order valence-corrected chi connectivity index (χ4v) is 3.72. The number of carbonyl (C=O) groups is 4. The molecule has 9 nitrogen and oxygen atoms in total. The summed E-state index contributed by atoms with van der Waals surface area (Å²) in [6, 6.07) is 0.125. The molecule has 1 N–H and O–H groups in total. The smallest absolute Gasteiger partial charge is 0.415 e. The highest BCUT2D eigenvalue weighted by atomic mass is 32.1. The molecule has 1 rings (SSSR count). The second-order valence-electron chi connectivity index (χ2n) is 9.34. The number of nitrogens with zero attached hydrogens (tertiary/aromatic N) is 1. The van der Waals surface area contributed by atoms with Crippen LogP contribution in [0.15, 0.2) is 6.07 Å². The van der Waals surface area contributed by atoms with Gasteiger partial charge >= 0.3 is 18.0 Å². The molecular weight excluding hydrogens is 467 g/mol. The summed E-state index contributed by atoms with van der Waals surface area (Å²) in [6.07, 6.45) is -4.41. The van der Waals surface area contributed by atoms with Crippen molar-refractivity contribution in [1.29, 1.82) is 0 Å². The van der Waals surface area contributed by atoms with Gasteiger partial charge < -0.3 is 19.5 Å². The van der Waals surface area contributed by atoms with Crippen LogP contribution in [0.25, 0.3) is 0 Å². The highest BCUT2D eigenvalue weighted by molar-refractivity contribution is 7.18. The molecule has 2 atom stereocenters. The number of hydrogen-bond donors (Lipinski definition) is 1. The number of rotatable bonds is 9. The van der Waals surface area contributed by atoms with Crippen LogP contribution in [0.5, 0.6) is 0 Å². The summed E-state index contributed by atoms with van der Waals surface area (Å²) in [7, 11) is 1.52. The maximum Gasteiger partial charge on any atom is 0.415 e. The number of nitrogens with one attached hydrogen (secondary N) is 1. The number of hydrogen-bond acceptors (Lipinski definition) is 8. The van der Waals surface area contributed by atoms with Crippen molar-refractivity contribution < 1.29 is 37.8 Å². The molecule has 0 bridgehead atoms. The van der Waals surface area contributed by atoms with Crippen molar-refractivity contribution in [2.75, 3.05) is 11.9 Å². The van der Waals surface area contributed by atoms with E-state index in [0.717, 1.165) is 11.3 Å². The van der Waals surface area contributed by atoms with Gasteiger partial charge in [-0.2, -0.15) is 0 Å². The van der Waals surface area contributed by atoms with Crippen LogP contribution in [-0.4, -0.2) is 61.0 Å². The first kappa shape index (κ1) is 29.3. The summed E-state index contributed by atoms with van der Waals surface area (Å²) in [6.45, 7) is 13.3. The molecule has 0 aliphatic carbocycles. The highest BCUT2D eigenvalue weighted by Gasteiger charge is 2.32. The summed E-state index contributed by atoms with van der Waals surface area (Å²) < 4.78 is 29.8. The molecule has 1 aromatic rings. The minimum absolute atomic E-state index is 0.186. The summed E-state index contributed by atoms with van der Waals surface area (Å²) in [5.74, 6) is -2.67. The van der Waals surface area contributed by atoms with Crippen LogP contribution in [0.1, 0.15) is 70.1 Å². The molecule has 0 saturated carbocycles. The minimum atomic E-state index is -2.13. The van der Waals surface area contributed by atoms with E-state index in [4.69, 9.17) is 14.2 Å². The zero-order valence-electron chi connectivity index (χ0n) is 21.2. The predicted octanol–water partition coefficient (Wildman–Crippen LogP) is 4.16. The van der Waals surface area contributed by atoms with Crippen molar-refractivity contribution in [3.63, 3.8) is 0 Å². The Morgan fingerprint density at radius 1 is 1.06 bits per heavy atom. The molecular formula is C23H35FN2O7S.